The van der Waals surface area contributed by atoms with Gasteiger partial charge in [0.1, 0.15) is 0 Å². The Labute approximate surface area is 151 Å². The fourth-order valence-corrected chi connectivity index (χ4v) is 3.37. The van der Waals surface area contributed by atoms with Crippen LogP contribution in [0.3, 0.4) is 0 Å². The molecule has 0 radical (unpaired) electrons. The Hall–Kier alpha value is -1.76. The normalized spacial score (nSPS) is 11.2. The summed E-state index contributed by atoms with van der Waals surface area (Å²) in [5, 5.41) is 3.49. The molecule has 8 heteroatoms. The highest BCUT2D eigenvalue weighted by Gasteiger charge is 2.17. The Balaban J connectivity index is 2.26. The standard InChI is InChI=1S/C16H16Cl2N2O3S/c1-3-24(22,23)20(2)15-6-4-5-11(7-15)16(21)19-14-9-12(17)8-13(18)10-14/h4-10H,3H2,1-2H3,(H,19,21). The predicted octanol–water partition coefficient (Wildman–Crippen LogP) is 4.03. The van der Waals surface area contributed by atoms with Crippen LogP contribution < -0.4 is 9.62 Å². The number of nitrogens with one attached hydrogen (secondary N) is 1. The van der Waals surface area contributed by atoms with Gasteiger partial charge in [0.15, 0.2) is 0 Å². The number of nitrogens with zero attached hydrogens (tertiary/aromatic N) is 1. The van der Waals surface area contributed by atoms with E-state index in [-0.39, 0.29) is 5.75 Å². The summed E-state index contributed by atoms with van der Waals surface area (Å²) in [4.78, 5) is 12.4. The van der Waals surface area contributed by atoms with Crippen LogP contribution in [0.5, 0.6) is 0 Å². The molecule has 128 valence electrons. The summed E-state index contributed by atoms with van der Waals surface area (Å²) < 4.78 is 25.0. The lowest BCUT2D eigenvalue weighted by atomic mass is 10.2. The monoisotopic (exact) mass is 386 g/mol. The summed E-state index contributed by atoms with van der Waals surface area (Å²) in [6.45, 7) is 1.56. The highest BCUT2D eigenvalue weighted by Crippen LogP contribution is 2.24. The van der Waals surface area contributed by atoms with Crippen molar-refractivity contribution in [2.24, 2.45) is 0 Å². The molecule has 1 amide bonds. The molecule has 2 aromatic rings. The van der Waals surface area contributed by atoms with Crippen LogP contribution in [0.4, 0.5) is 11.4 Å². The van der Waals surface area contributed by atoms with Crippen LogP contribution in [-0.4, -0.2) is 27.1 Å². The van der Waals surface area contributed by atoms with E-state index in [0.29, 0.717) is 27.0 Å². The second-order valence-corrected chi connectivity index (χ2v) is 8.19. The summed E-state index contributed by atoms with van der Waals surface area (Å²) in [5.74, 6) is -0.418. The molecule has 0 saturated carbocycles. The third-order valence-corrected chi connectivity index (χ3v) is 5.59. The number of carbonyl (C=O) groups excluding carboxylic acids is 1. The van der Waals surface area contributed by atoms with Crippen molar-refractivity contribution in [2.75, 3.05) is 22.4 Å². The van der Waals surface area contributed by atoms with E-state index in [1.807, 2.05) is 0 Å². The van der Waals surface area contributed by atoms with Crippen molar-refractivity contribution >= 4 is 50.5 Å². The van der Waals surface area contributed by atoms with Gasteiger partial charge in [-0.05, 0) is 43.3 Å². The van der Waals surface area contributed by atoms with Gasteiger partial charge in [-0.25, -0.2) is 8.42 Å². The molecule has 0 unspecified atom stereocenters. The molecule has 0 heterocycles. The molecule has 0 spiro atoms. The van der Waals surface area contributed by atoms with E-state index in [2.05, 4.69) is 5.32 Å². The third kappa shape index (κ3) is 4.41. The first kappa shape index (κ1) is 18.6. The van der Waals surface area contributed by atoms with Gasteiger partial charge in [0.05, 0.1) is 11.4 Å². The Morgan fingerprint density at radius 1 is 1.12 bits per heavy atom. The Kier molecular flexibility index (Phi) is 5.74. The van der Waals surface area contributed by atoms with Crippen LogP contribution >= 0.6 is 23.2 Å². The van der Waals surface area contributed by atoms with Crippen LogP contribution in [-0.2, 0) is 10.0 Å². The average molecular weight is 387 g/mol. The zero-order chi connectivity index (χ0) is 17.9. The number of hydrogen-bond acceptors (Lipinski definition) is 3. The first-order valence-electron chi connectivity index (χ1n) is 7.07. The van der Waals surface area contributed by atoms with E-state index in [1.54, 1.807) is 43.3 Å². The fraction of sp³-hybridized carbons (Fsp3) is 0.188. The number of rotatable bonds is 5. The summed E-state index contributed by atoms with van der Waals surface area (Å²) in [7, 11) is -1.95. The zero-order valence-corrected chi connectivity index (χ0v) is 15.4. The molecule has 0 aromatic heterocycles. The lowest BCUT2D eigenvalue weighted by Gasteiger charge is -2.19. The minimum atomic E-state index is -3.40. The first-order chi connectivity index (χ1) is 11.2. The van der Waals surface area contributed by atoms with Gasteiger partial charge in [-0.3, -0.25) is 9.10 Å². The Bertz CT molecular complexity index is 849. The topological polar surface area (TPSA) is 66.5 Å². The second-order valence-electron chi connectivity index (χ2n) is 5.03. The molecular weight excluding hydrogens is 371 g/mol. The van der Waals surface area contributed by atoms with E-state index in [1.165, 1.54) is 13.1 Å². The molecule has 1 N–H and O–H groups in total. The van der Waals surface area contributed by atoms with E-state index >= 15 is 0 Å². The Morgan fingerprint density at radius 3 is 2.33 bits per heavy atom. The van der Waals surface area contributed by atoms with E-state index in [0.717, 1.165) is 4.31 Å². The van der Waals surface area contributed by atoms with Crippen LogP contribution in [0.25, 0.3) is 0 Å². The molecular formula is C16H16Cl2N2O3S. The van der Waals surface area contributed by atoms with Crippen molar-refractivity contribution in [3.8, 4) is 0 Å². The minimum Gasteiger partial charge on any atom is -0.322 e. The van der Waals surface area contributed by atoms with Gasteiger partial charge < -0.3 is 5.32 Å². The van der Waals surface area contributed by atoms with Crippen molar-refractivity contribution in [1.82, 2.24) is 0 Å². The largest absolute Gasteiger partial charge is 0.322 e. The fourth-order valence-electron chi connectivity index (χ4n) is 2.03. The highest BCUT2D eigenvalue weighted by atomic mass is 35.5. The maximum atomic E-state index is 12.4. The van der Waals surface area contributed by atoms with Gasteiger partial charge in [-0.1, -0.05) is 29.3 Å². The lowest BCUT2D eigenvalue weighted by molar-refractivity contribution is 0.102. The molecule has 0 fully saturated rings. The van der Waals surface area contributed by atoms with Crippen molar-refractivity contribution in [2.45, 2.75) is 6.92 Å². The van der Waals surface area contributed by atoms with Crippen molar-refractivity contribution in [3.63, 3.8) is 0 Å². The van der Waals surface area contributed by atoms with Gasteiger partial charge in [-0.2, -0.15) is 0 Å². The number of anilines is 2. The van der Waals surface area contributed by atoms with Gasteiger partial charge in [0.2, 0.25) is 10.0 Å². The average Bonchev–Trinajstić information content (AvgIpc) is 2.53. The van der Waals surface area contributed by atoms with E-state index < -0.39 is 15.9 Å². The maximum Gasteiger partial charge on any atom is 0.255 e. The number of carbonyl (C=O) groups is 1. The third-order valence-electron chi connectivity index (χ3n) is 3.37. The van der Waals surface area contributed by atoms with Gasteiger partial charge >= 0.3 is 0 Å². The van der Waals surface area contributed by atoms with Crippen LogP contribution in [0.2, 0.25) is 10.0 Å². The van der Waals surface area contributed by atoms with Crippen molar-refractivity contribution in [1.29, 1.82) is 0 Å². The van der Waals surface area contributed by atoms with Gasteiger partial charge in [0.25, 0.3) is 5.91 Å². The quantitative estimate of drug-likeness (QED) is 0.842. The molecule has 0 aliphatic rings. The molecule has 0 bridgehead atoms. The second kappa shape index (κ2) is 7.42. The maximum absolute atomic E-state index is 12.4. The van der Waals surface area contributed by atoms with Crippen LogP contribution in [0.15, 0.2) is 42.5 Å². The zero-order valence-electron chi connectivity index (χ0n) is 13.1. The van der Waals surface area contributed by atoms with Crippen LogP contribution in [0, 0.1) is 0 Å². The number of amides is 1. The van der Waals surface area contributed by atoms with E-state index in [9.17, 15) is 13.2 Å². The summed E-state index contributed by atoms with van der Waals surface area (Å²) in [6, 6.07) is 11.1. The summed E-state index contributed by atoms with van der Waals surface area (Å²) in [6.07, 6.45) is 0. The molecule has 0 aliphatic heterocycles. The van der Waals surface area contributed by atoms with Crippen molar-refractivity contribution < 1.29 is 13.2 Å². The number of sulfonamides is 1. The minimum absolute atomic E-state index is 0.0268. The first-order valence-corrected chi connectivity index (χ1v) is 9.43. The molecule has 24 heavy (non-hydrogen) atoms. The SMILES string of the molecule is CCS(=O)(=O)N(C)c1cccc(C(=O)Nc2cc(Cl)cc(Cl)c2)c1. The number of hydrogen-bond donors (Lipinski definition) is 1. The predicted molar refractivity (Wildman–Crippen MR) is 98.7 cm³/mol. The summed E-state index contributed by atoms with van der Waals surface area (Å²) >= 11 is 11.8. The van der Waals surface area contributed by atoms with Gasteiger partial charge in [0, 0.05) is 28.3 Å². The molecule has 5 nitrogen and oxygen atoms in total. The molecule has 0 saturated heterocycles. The van der Waals surface area contributed by atoms with E-state index in [4.69, 9.17) is 23.2 Å². The molecule has 0 atom stereocenters. The lowest BCUT2D eigenvalue weighted by Crippen LogP contribution is -2.28. The van der Waals surface area contributed by atoms with Gasteiger partial charge in [-0.15, -0.1) is 0 Å². The number of benzene rings is 2. The molecule has 2 rings (SSSR count). The summed E-state index contributed by atoms with van der Waals surface area (Å²) in [5.41, 5.74) is 1.19. The van der Waals surface area contributed by atoms with Crippen LogP contribution in [0.1, 0.15) is 17.3 Å². The highest BCUT2D eigenvalue weighted by molar-refractivity contribution is 7.92. The van der Waals surface area contributed by atoms with Crippen molar-refractivity contribution in [3.05, 3.63) is 58.1 Å². The molecule has 0 aliphatic carbocycles. The number of halogens is 2. The Morgan fingerprint density at radius 2 is 1.75 bits per heavy atom. The molecule has 2 aromatic carbocycles. The smallest absolute Gasteiger partial charge is 0.255 e.